The van der Waals surface area contributed by atoms with E-state index in [0.717, 1.165) is 16.7 Å². The lowest BCUT2D eigenvalue weighted by Gasteiger charge is -2.10. The smallest absolute Gasteiger partial charge is 0.0485 e. The van der Waals surface area contributed by atoms with Crippen LogP contribution < -0.4 is 5.73 Å². The van der Waals surface area contributed by atoms with Gasteiger partial charge in [0.2, 0.25) is 0 Å². The van der Waals surface area contributed by atoms with Gasteiger partial charge in [0, 0.05) is 27.9 Å². The van der Waals surface area contributed by atoms with Crippen LogP contribution in [0.4, 0.5) is 5.69 Å². The number of para-hydroxylation sites is 1. The Morgan fingerprint density at radius 3 is 2.68 bits per heavy atom. The maximum Gasteiger partial charge on any atom is 0.0485 e. The van der Waals surface area contributed by atoms with Gasteiger partial charge in [0.15, 0.2) is 0 Å². The third-order valence-electron chi connectivity index (χ3n) is 3.42. The lowest BCUT2D eigenvalue weighted by atomic mass is 10.2. The average Bonchev–Trinajstić information content (AvgIpc) is 2.71. The van der Waals surface area contributed by atoms with Gasteiger partial charge in [-0.2, -0.15) is 0 Å². The molecule has 0 spiro atoms. The minimum atomic E-state index is 0.784. The third-order valence-corrected chi connectivity index (χ3v) is 4.14. The highest BCUT2D eigenvalue weighted by atomic mass is 79.9. The zero-order valence-corrected chi connectivity index (χ0v) is 12.3. The second kappa shape index (κ2) is 4.74. The first-order valence-corrected chi connectivity index (χ1v) is 7.03. The molecule has 0 aliphatic carbocycles. The Kier molecular flexibility index (Phi) is 3.07. The molecule has 2 aromatic carbocycles. The number of nitrogens with two attached hydrogens (primary N) is 1. The molecule has 3 rings (SSSR count). The van der Waals surface area contributed by atoms with Crippen LogP contribution in [0.1, 0.15) is 11.3 Å². The van der Waals surface area contributed by atoms with Crippen LogP contribution in [0.2, 0.25) is 0 Å². The lowest BCUT2D eigenvalue weighted by molar-refractivity contribution is 0.805. The molecule has 3 heteroatoms. The van der Waals surface area contributed by atoms with Crippen molar-refractivity contribution in [3.63, 3.8) is 0 Å². The molecule has 0 fully saturated rings. The fourth-order valence-electron chi connectivity index (χ4n) is 2.43. The van der Waals surface area contributed by atoms with Crippen molar-refractivity contribution in [3.8, 4) is 0 Å². The Balaban J connectivity index is 2.05. The second-order valence-corrected chi connectivity index (χ2v) is 5.64. The largest absolute Gasteiger partial charge is 0.398 e. The summed E-state index contributed by atoms with van der Waals surface area (Å²) in [6.45, 7) is 2.99. The van der Waals surface area contributed by atoms with E-state index < -0.39 is 0 Å². The number of nitrogen functional groups attached to an aromatic ring is 1. The molecule has 0 aliphatic heterocycles. The van der Waals surface area contributed by atoms with Crippen molar-refractivity contribution in [1.82, 2.24) is 4.57 Å². The first-order chi connectivity index (χ1) is 9.15. The summed E-state index contributed by atoms with van der Waals surface area (Å²) < 4.78 is 3.27. The number of rotatable bonds is 2. The van der Waals surface area contributed by atoms with Gasteiger partial charge in [0.25, 0.3) is 0 Å². The van der Waals surface area contributed by atoms with Crippen molar-refractivity contribution in [2.75, 3.05) is 5.73 Å². The molecule has 0 radical (unpaired) electrons. The van der Waals surface area contributed by atoms with Crippen molar-refractivity contribution < 1.29 is 0 Å². The van der Waals surface area contributed by atoms with E-state index in [1.165, 1.54) is 22.2 Å². The monoisotopic (exact) mass is 314 g/mol. The van der Waals surface area contributed by atoms with E-state index in [2.05, 4.69) is 63.8 Å². The van der Waals surface area contributed by atoms with E-state index in [1.807, 2.05) is 12.1 Å². The van der Waals surface area contributed by atoms with Gasteiger partial charge in [-0.1, -0.05) is 24.3 Å². The molecule has 0 amide bonds. The molecule has 0 atom stereocenters. The zero-order valence-electron chi connectivity index (χ0n) is 10.7. The van der Waals surface area contributed by atoms with Gasteiger partial charge in [-0.15, -0.1) is 0 Å². The Morgan fingerprint density at radius 2 is 1.89 bits per heavy atom. The van der Waals surface area contributed by atoms with E-state index in [0.29, 0.717) is 0 Å². The van der Waals surface area contributed by atoms with E-state index in [9.17, 15) is 0 Å². The van der Waals surface area contributed by atoms with E-state index >= 15 is 0 Å². The summed E-state index contributed by atoms with van der Waals surface area (Å²) in [7, 11) is 0. The molecule has 0 saturated heterocycles. The molecule has 3 aromatic rings. The maximum absolute atomic E-state index is 5.94. The SMILES string of the molecule is Cc1cc2ccccc2n1Cc1ccc(Br)c(N)c1. The molecule has 1 heterocycles. The number of aromatic nitrogens is 1. The van der Waals surface area contributed by atoms with Crippen LogP contribution in [0.5, 0.6) is 0 Å². The van der Waals surface area contributed by atoms with Gasteiger partial charge < -0.3 is 10.3 Å². The molecule has 0 bridgehead atoms. The summed E-state index contributed by atoms with van der Waals surface area (Å²) in [5.41, 5.74) is 10.5. The highest BCUT2D eigenvalue weighted by Gasteiger charge is 2.06. The van der Waals surface area contributed by atoms with Gasteiger partial charge in [-0.3, -0.25) is 0 Å². The van der Waals surface area contributed by atoms with Crippen molar-refractivity contribution in [2.24, 2.45) is 0 Å². The standard InChI is InChI=1S/C16H15BrN2/c1-11-8-13-4-2-3-5-16(13)19(11)10-12-6-7-14(17)15(18)9-12/h2-9H,10,18H2,1H3. The molecular weight excluding hydrogens is 300 g/mol. The Bertz CT molecular complexity index is 744. The van der Waals surface area contributed by atoms with Crippen molar-refractivity contribution in [1.29, 1.82) is 0 Å². The number of anilines is 1. The maximum atomic E-state index is 5.94. The summed E-state index contributed by atoms with van der Waals surface area (Å²) >= 11 is 3.43. The Morgan fingerprint density at radius 1 is 1.11 bits per heavy atom. The zero-order chi connectivity index (χ0) is 13.4. The number of hydrogen-bond donors (Lipinski definition) is 1. The predicted octanol–water partition coefficient (Wildman–Crippen LogP) is 4.34. The van der Waals surface area contributed by atoms with Gasteiger partial charge >= 0.3 is 0 Å². The van der Waals surface area contributed by atoms with Crippen LogP contribution in [0.25, 0.3) is 10.9 Å². The molecule has 0 aliphatic rings. The lowest BCUT2D eigenvalue weighted by Crippen LogP contribution is -2.02. The van der Waals surface area contributed by atoms with E-state index in [-0.39, 0.29) is 0 Å². The van der Waals surface area contributed by atoms with Crippen LogP contribution in [0.3, 0.4) is 0 Å². The quantitative estimate of drug-likeness (QED) is 0.701. The fraction of sp³-hybridized carbons (Fsp3) is 0.125. The topological polar surface area (TPSA) is 30.9 Å². The van der Waals surface area contributed by atoms with Crippen LogP contribution in [-0.4, -0.2) is 4.57 Å². The van der Waals surface area contributed by atoms with Crippen molar-refractivity contribution in [3.05, 3.63) is 64.3 Å². The van der Waals surface area contributed by atoms with Crippen LogP contribution in [-0.2, 0) is 6.54 Å². The number of aryl methyl sites for hydroxylation is 1. The van der Waals surface area contributed by atoms with Crippen LogP contribution in [0, 0.1) is 6.92 Å². The summed E-state index contributed by atoms with van der Waals surface area (Å²) in [6.07, 6.45) is 0. The highest BCUT2D eigenvalue weighted by molar-refractivity contribution is 9.10. The van der Waals surface area contributed by atoms with Gasteiger partial charge in [0.1, 0.15) is 0 Å². The number of nitrogens with zero attached hydrogens (tertiary/aromatic N) is 1. The number of hydrogen-bond acceptors (Lipinski definition) is 1. The predicted molar refractivity (Wildman–Crippen MR) is 84.3 cm³/mol. The minimum absolute atomic E-state index is 0.784. The first kappa shape index (κ1) is 12.3. The number of halogens is 1. The van der Waals surface area contributed by atoms with Crippen molar-refractivity contribution in [2.45, 2.75) is 13.5 Å². The molecule has 19 heavy (non-hydrogen) atoms. The Hall–Kier alpha value is -1.74. The molecule has 2 nitrogen and oxygen atoms in total. The van der Waals surface area contributed by atoms with Crippen molar-refractivity contribution >= 4 is 32.5 Å². The summed E-state index contributed by atoms with van der Waals surface area (Å²) in [4.78, 5) is 0. The molecule has 2 N–H and O–H groups in total. The first-order valence-electron chi connectivity index (χ1n) is 6.24. The average molecular weight is 315 g/mol. The summed E-state index contributed by atoms with van der Waals surface area (Å²) in [5, 5.41) is 1.28. The van der Waals surface area contributed by atoms with Crippen LogP contribution >= 0.6 is 15.9 Å². The van der Waals surface area contributed by atoms with Gasteiger partial charge in [-0.25, -0.2) is 0 Å². The second-order valence-electron chi connectivity index (χ2n) is 4.79. The molecule has 1 aromatic heterocycles. The minimum Gasteiger partial charge on any atom is -0.398 e. The van der Waals surface area contributed by atoms with Gasteiger partial charge in [-0.05, 0) is 58.1 Å². The fourth-order valence-corrected chi connectivity index (χ4v) is 2.68. The van der Waals surface area contributed by atoms with Gasteiger partial charge in [0.05, 0.1) is 0 Å². The third kappa shape index (κ3) is 2.26. The number of fused-ring (bicyclic) bond motifs is 1. The molecule has 96 valence electrons. The summed E-state index contributed by atoms with van der Waals surface area (Å²) in [6, 6.07) is 16.8. The van der Waals surface area contributed by atoms with E-state index in [4.69, 9.17) is 5.73 Å². The molecular formula is C16H15BrN2. The Labute approximate surface area is 121 Å². The van der Waals surface area contributed by atoms with E-state index in [1.54, 1.807) is 0 Å². The highest BCUT2D eigenvalue weighted by Crippen LogP contribution is 2.24. The summed E-state index contributed by atoms with van der Waals surface area (Å²) in [5.74, 6) is 0. The normalized spacial score (nSPS) is 11.1. The van der Waals surface area contributed by atoms with Crippen LogP contribution in [0.15, 0.2) is 53.0 Å². The molecule has 0 unspecified atom stereocenters. The molecule has 0 saturated carbocycles. The number of benzene rings is 2.